The van der Waals surface area contributed by atoms with E-state index < -0.39 is 0 Å². The van der Waals surface area contributed by atoms with Gasteiger partial charge in [0.2, 0.25) is 0 Å². The molecule has 0 aromatic heterocycles. The Morgan fingerprint density at radius 3 is 0.833 bits per heavy atom. The molecule has 0 saturated carbocycles. The van der Waals surface area contributed by atoms with E-state index in [1.165, 1.54) is 14.2 Å². The minimum Gasteiger partial charge on any atom is -0.855 e. The summed E-state index contributed by atoms with van der Waals surface area (Å²) in [4.78, 5) is 0. The Morgan fingerprint density at radius 2 is 0.833 bits per heavy atom. The third kappa shape index (κ3) is 219. The van der Waals surface area contributed by atoms with Crippen LogP contribution < -0.4 is 20.4 Å². The summed E-state index contributed by atoms with van der Waals surface area (Å²) in [7, 11) is 3.02. The van der Waals surface area contributed by atoms with Gasteiger partial charge in [-0.1, -0.05) is 13.8 Å². The first kappa shape index (κ1) is 36.1. The molecule has 0 bridgehead atoms. The first-order chi connectivity index (χ1) is 7.66. The molecule has 0 aromatic carbocycles. The zero-order chi connectivity index (χ0) is 13.7. The molecule has 0 amide bonds. The molecule has 0 aromatic rings. The third-order valence-corrected chi connectivity index (χ3v) is 0.575. The van der Waals surface area contributed by atoms with Gasteiger partial charge in [-0.25, -0.2) is 0 Å². The SMILES string of the molecule is CC[O-].CC[O-].COCC[O-].COCC[O-].[Be+2].[Be+2]. The molecule has 0 aliphatic rings. The van der Waals surface area contributed by atoms with Crippen LogP contribution in [0.2, 0.25) is 0 Å². The fraction of sp³-hybridized carbons (Fsp3) is 1.00. The van der Waals surface area contributed by atoms with Crippen molar-refractivity contribution in [3.8, 4) is 0 Å². The molecule has 0 rings (SSSR count). The number of hydrogen-bond acceptors (Lipinski definition) is 6. The quantitative estimate of drug-likeness (QED) is 0.475. The second kappa shape index (κ2) is 67.6. The Morgan fingerprint density at radius 1 is 0.667 bits per heavy atom. The fourth-order valence-electron chi connectivity index (χ4n) is 0.167. The fourth-order valence-corrected chi connectivity index (χ4v) is 0.167. The van der Waals surface area contributed by atoms with Crippen LogP contribution in [-0.4, -0.2) is 74.1 Å². The summed E-state index contributed by atoms with van der Waals surface area (Å²) in [6, 6.07) is 0. The van der Waals surface area contributed by atoms with Crippen LogP contribution in [0, 0.1) is 0 Å². The van der Waals surface area contributed by atoms with Gasteiger partial charge in [-0.3, -0.25) is 0 Å². The molecule has 0 unspecified atom stereocenters. The second-order valence-electron chi connectivity index (χ2n) is 1.97. The first-order valence-electron chi connectivity index (χ1n) is 4.96. The molecule has 0 heterocycles. The van der Waals surface area contributed by atoms with Crippen molar-refractivity contribution in [1.29, 1.82) is 0 Å². The van der Waals surface area contributed by atoms with Gasteiger partial charge in [0.25, 0.3) is 0 Å². The van der Waals surface area contributed by atoms with Gasteiger partial charge in [0, 0.05) is 27.4 Å². The molecule has 18 heavy (non-hydrogen) atoms. The van der Waals surface area contributed by atoms with Crippen LogP contribution in [0.3, 0.4) is 0 Å². The van der Waals surface area contributed by atoms with Gasteiger partial charge in [-0.05, 0) is 0 Å². The molecule has 0 radical (unpaired) electrons. The van der Waals surface area contributed by atoms with Crippen LogP contribution in [0.15, 0.2) is 0 Å². The van der Waals surface area contributed by atoms with Crippen LogP contribution in [0.4, 0.5) is 0 Å². The van der Waals surface area contributed by atoms with E-state index >= 15 is 0 Å². The topological polar surface area (TPSA) is 111 Å². The molecule has 0 N–H and O–H groups in total. The Kier molecular flexibility index (Phi) is 136. The molecular weight excluding hydrogens is 234 g/mol. The van der Waals surface area contributed by atoms with Crippen molar-refractivity contribution >= 4 is 20.2 Å². The van der Waals surface area contributed by atoms with Crippen molar-refractivity contribution in [2.75, 3.05) is 53.9 Å². The summed E-state index contributed by atoms with van der Waals surface area (Å²) in [6.07, 6.45) is 0. The van der Waals surface area contributed by atoms with Crippen LogP contribution in [0.25, 0.3) is 0 Å². The Labute approximate surface area is 118 Å². The predicted octanol–water partition coefficient (Wildman–Crippen LogP) is -4.04. The molecule has 0 atom stereocenters. The number of ether oxygens (including phenoxy) is 2. The van der Waals surface area contributed by atoms with Gasteiger partial charge in [0.05, 0.1) is 0 Å². The van der Waals surface area contributed by atoms with E-state index in [1.54, 1.807) is 13.8 Å². The molecule has 104 valence electrons. The smallest absolute Gasteiger partial charge is 0.855 e. The summed E-state index contributed by atoms with van der Waals surface area (Å²) in [6.45, 7) is 3.55. The van der Waals surface area contributed by atoms with Gasteiger partial charge in [-0.15, -0.1) is 26.4 Å². The zero-order valence-electron chi connectivity index (χ0n) is 12.1. The molecule has 0 fully saturated rings. The minimum absolute atomic E-state index is 0. The number of rotatable bonds is 4. The summed E-state index contributed by atoms with van der Waals surface area (Å²) in [5.41, 5.74) is 0. The Bertz CT molecular complexity index is 60.3. The predicted molar refractivity (Wildman–Crippen MR) is 66.1 cm³/mol. The van der Waals surface area contributed by atoms with Crippen LogP contribution in [0.1, 0.15) is 13.8 Å². The van der Waals surface area contributed by atoms with Gasteiger partial charge < -0.3 is 29.9 Å². The van der Waals surface area contributed by atoms with Gasteiger partial charge in [0.15, 0.2) is 0 Å². The molecule has 8 heteroatoms. The molecule has 6 nitrogen and oxygen atoms in total. The maximum atomic E-state index is 9.40. The van der Waals surface area contributed by atoms with Gasteiger partial charge >= 0.3 is 20.2 Å². The van der Waals surface area contributed by atoms with Gasteiger partial charge in [-0.2, -0.15) is 0 Å². The van der Waals surface area contributed by atoms with E-state index in [2.05, 4.69) is 9.47 Å². The number of methoxy groups -OCH3 is 2. The van der Waals surface area contributed by atoms with Crippen molar-refractivity contribution in [2.24, 2.45) is 0 Å². The van der Waals surface area contributed by atoms with E-state index in [0.717, 1.165) is 0 Å². The van der Waals surface area contributed by atoms with E-state index in [9.17, 15) is 10.2 Å². The minimum atomic E-state index is -0.128. The number of hydrogen-bond donors (Lipinski definition) is 0. The van der Waals surface area contributed by atoms with E-state index in [1.807, 2.05) is 0 Å². The second-order valence-corrected chi connectivity index (χ2v) is 1.97. The largest absolute Gasteiger partial charge is 2.00 e. The molecule has 0 spiro atoms. The van der Waals surface area contributed by atoms with Crippen molar-refractivity contribution in [3.05, 3.63) is 0 Å². The van der Waals surface area contributed by atoms with Crippen molar-refractivity contribution < 1.29 is 29.9 Å². The molecular formula is C10H24Be2O6. The normalized spacial score (nSPS) is 6.67. The average Bonchev–Trinajstić information content (AvgIpc) is 2.23. The molecule has 0 aliphatic heterocycles. The van der Waals surface area contributed by atoms with Crippen LogP contribution in [-0.2, 0) is 9.47 Å². The standard InChI is InChI=1S/2C3H7O2.2C2H5O.2Be/c2*1-5-3-2-4;2*1-2-3;;/h2*2-3H2,1H3;2*2H2,1H3;;/q4*-1;2*+2. The summed E-state index contributed by atoms with van der Waals surface area (Å²) < 4.78 is 8.76. The van der Waals surface area contributed by atoms with Crippen molar-refractivity contribution in [1.82, 2.24) is 0 Å². The van der Waals surface area contributed by atoms with E-state index in [-0.39, 0.29) is 46.7 Å². The van der Waals surface area contributed by atoms with Gasteiger partial charge in [0.1, 0.15) is 0 Å². The molecule has 0 aliphatic carbocycles. The average molecular weight is 258 g/mol. The summed E-state index contributed by atoms with van der Waals surface area (Å²) in [5.74, 6) is 0. The monoisotopic (exact) mass is 258 g/mol. The van der Waals surface area contributed by atoms with Crippen molar-refractivity contribution in [3.63, 3.8) is 0 Å². The molecule has 0 saturated heterocycles. The maximum Gasteiger partial charge on any atom is 2.00 e. The van der Waals surface area contributed by atoms with E-state index in [4.69, 9.17) is 10.2 Å². The summed E-state index contributed by atoms with van der Waals surface area (Å²) in [5, 5.41) is 36.7. The van der Waals surface area contributed by atoms with Crippen LogP contribution >= 0.6 is 0 Å². The summed E-state index contributed by atoms with van der Waals surface area (Å²) >= 11 is 0. The van der Waals surface area contributed by atoms with Crippen LogP contribution in [0.5, 0.6) is 0 Å². The zero-order valence-corrected chi connectivity index (χ0v) is 12.1. The van der Waals surface area contributed by atoms with E-state index in [0.29, 0.717) is 13.2 Å². The maximum absolute atomic E-state index is 9.40. The Hall–Kier alpha value is 0.0977. The van der Waals surface area contributed by atoms with Crippen molar-refractivity contribution in [2.45, 2.75) is 13.8 Å². The Balaban J connectivity index is -0.0000000265. The first-order valence-corrected chi connectivity index (χ1v) is 4.96. The third-order valence-electron chi connectivity index (χ3n) is 0.575.